The quantitative estimate of drug-likeness (QED) is 0.724. The van der Waals surface area contributed by atoms with E-state index in [-0.39, 0.29) is 0 Å². The topological polar surface area (TPSA) is 24.9 Å². The highest BCUT2D eigenvalue weighted by atomic mass is 14.9. The first-order valence-electron chi connectivity index (χ1n) is 6.44. The normalized spacial score (nSPS) is 12.4. The van der Waals surface area contributed by atoms with Crippen molar-refractivity contribution in [1.82, 2.24) is 10.3 Å². The summed E-state index contributed by atoms with van der Waals surface area (Å²) in [6.07, 6.45) is 5.16. The zero-order chi connectivity index (χ0) is 12.7. The number of rotatable bonds is 7. The Labute approximate surface area is 105 Å². The molecule has 1 aromatic rings. The first-order chi connectivity index (χ1) is 8.15. The van der Waals surface area contributed by atoms with Gasteiger partial charge in [-0.3, -0.25) is 4.98 Å². The van der Waals surface area contributed by atoms with Crippen molar-refractivity contribution in [3.05, 3.63) is 41.7 Å². The van der Waals surface area contributed by atoms with Crippen LogP contribution in [-0.4, -0.2) is 11.5 Å². The van der Waals surface area contributed by atoms with Gasteiger partial charge >= 0.3 is 0 Å². The van der Waals surface area contributed by atoms with Gasteiger partial charge < -0.3 is 5.32 Å². The van der Waals surface area contributed by atoms with Gasteiger partial charge in [-0.05, 0) is 51.3 Å². The summed E-state index contributed by atoms with van der Waals surface area (Å²) in [5.74, 6) is 0. The number of pyridine rings is 1. The molecular formula is C15H24N2. The number of aromatic nitrogens is 1. The smallest absolute Gasteiger partial charge is 0.0602 e. The van der Waals surface area contributed by atoms with E-state index in [0.717, 1.165) is 25.8 Å². The van der Waals surface area contributed by atoms with Crippen LogP contribution in [0.15, 0.2) is 30.5 Å². The number of aryl methyl sites for hydroxylation is 1. The molecule has 0 aliphatic carbocycles. The van der Waals surface area contributed by atoms with Gasteiger partial charge in [0.1, 0.15) is 0 Å². The maximum Gasteiger partial charge on any atom is 0.0602 e. The third-order valence-electron chi connectivity index (χ3n) is 2.88. The predicted octanol–water partition coefficient (Wildman–Crippen LogP) is 3.79. The van der Waals surface area contributed by atoms with E-state index in [1.807, 2.05) is 12.3 Å². The second-order valence-corrected chi connectivity index (χ2v) is 4.71. The molecule has 0 aromatic carbocycles. The first kappa shape index (κ1) is 13.9. The molecule has 1 N–H and O–H groups in total. The fraction of sp³-hybridized carbons (Fsp3) is 0.533. The van der Waals surface area contributed by atoms with Crippen LogP contribution in [0.4, 0.5) is 0 Å². The molecule has 0 radical (unpaired) electrons. The lowest BCUT2D eigenvalue weighted by molar-refractivity contribution is 0.486. The average molecular weight is 232 g/mol. The Kier molecular flexibility index (Phi) is 5.92. The minimum absolute atomic E-state index is 0.354. The maximum absolute atomic E-state index is 4.52. The highest BCUT2D eigenvalue weighted by molar-refractivity contribution is 5.21. The molecule has 17 heavy (non-hydrogen) atoms. The van der Waals surface area contributed by atoms with Crippen molar-refractivity contribution in [2.24, 2.45) is 0 Å². The Morgan fingerprint density at radius 1 is 1.53 bits per heavy atom. The molecule has 0 fully saturated rings. The van der Waals surface area contributed by atoms with Crippen LogP contribution in [0.5, 0.6) is 0 Å². The Hall–Kier alpha value is -1.15. The summed E-state index contributed by atoms with van der Waals surface area (Å²) < 4.78 is 0. The van der Waals surface area contributed by atoms with Crippen molar-refractivity contribution in [1.29, 1.82) is 0 Å². The van der Waals surface area contributed by atoms with Gasteiger partial charge in [0.15, 0.2) is 0 Å². The van der Waals surface area contributed by atoms with Crippen molar-refractivity contribution in [3.63, 3.8) is 0 Å². The van der Waals surface area contributed by atoms with E-state index in [9.17, 15) is 0 Å². The van der Waals surface area contributed by atoms with E-state index >= 15 is 0 Å². The summed E-state index contributed by atoms with van der Waals surface area (Å²) in [4.78, 5) is 4.52. The number of nitrogens with zero attached hydrogens (tertiary/aromatic N) is 1. The fourth-order valence-electron chi connectivity index (χ4n) is 1.91. The molecule has 1 heterocycles. The summed E-state index contributed by atoms with van der Waals surface area (Å²) in [7, 11) is 0. The van der Waals surface area contributed by atoms with Crippen molar-refractivity contribution >= 4 is 0 Å². The van der Waals surface area contributed by atoms with E-state index in [1.54, 1.807) is 0 Å². The van der Waals surface area contributed by atoms with Crippen LogP contribution in [0.2, 0.25) is 0 Å². The lowest BCUT2D eigenvalue weighted by Crippen LogP contribution is -2.23. The van der Waals surface area contributed by atoms with Crippen molar-refractivity contribution in [3.8, 4) is 0 Å². The van der Waals surface area contributed by atoms with Crippen LogP contribution in [-0.2, 0) is 0 Å². The van der Waals surface area contributed by atoms with Crippen molar-refractivity contribution in [2.45, 2.75) is 46.1 Å². The summed E-state index contributed by atoms with van der Waals surface area (Å²) in [5, 5.41) is 3.58. The summed E-state index contributed by atoms with van der Waals surface area (Å²) >= 11 is 0. The molecular weight excluding hydrogens is 208 g/mol. The molecule has 2 heteroatoms. The minimum atomic E-state index is 0.354. The average Bonchev–Trinajstić information content (AvgIpc) is 2.30. The van der Waals surface area contributed by atoms with Crippen molar-refractivity contribution < 1.29 is 0 Å². The Morgan fingerprint density at radius 3 is 2.88 bits per heavy atom. The van der Waals surface area contributed by atoms with Gasteiger partial charge in [0, 0.05) is 6.20 Å². The van der Waals surface area contributed by atoms with E-state index in [4.69, 9.17) is 0 Å². The molecule has 1 unspecified atom stereocenters. The molecule has 0 bridgehead atoms. The summed E-state index contributed by atoms with van der Waals surface area (Å²) in [5.41, 5.74) is 3.69. The van der Waals surface area contributed by atoms with Gasteiger partial charge in [-0.15, -0.1) is 6.58 Å². The predicted molar refractivity (Wildman–Crippen MR) is 74.1 cm³/mol. The van der Waals surface area contributed by atoms with E-state index in [2.05, 4.69) is 43.7 Å². The van der Waals surface area contributed by atoms with Gasteiger partial charge in [-0.1, -0.05) is 18.6 Å². The number of nitrogens with one attached hydrogen (secondary N) is 1. The zero-order valence-electron chi connectivity index (χ0n) is 11.3. The molecule has 1 aromatic heterocycles. The molecule has 0 saturated heterocycles. The van der Waals surface area contributed by atoms with Gasteiger partial charge in [0.05, 0.1) is 11.7 Å². The molecule has 94 valence electrons. The molecule has 0 aliphatic rings. The summed E-state index contributed by atoms with van der Waals surface area (Å²) in [6, 6.07) is 4.48. The van der Waals surface area contributed by atoms with Gasteiger partial charge in [-0.2, -0.15) is 0 Å². The number of hydrogen-bond donors (Lipinski definition) is 1. The van der Waals surface area contributed by atoms with Crippen LogP contribution in [0.25, 0.3) is 0 Å². The lowest BCUT2D eigenvalue weighted by Gasteiger charge is -2.19. The van der Waals surface area contributed by atoms with E-state index < -0.39 is 0 Å². The number of allylic oxidation sites excluding steroid dienone is 1. The molecule has 1 atom stereocenters. The minimum Gasteiger partial charge on any atom is -0.309 e. The first-order valence-corrected chi connectivity index (χ1v) is 6.44. The van der Waals surface area contributed by atoms with Crippen molar-refractivity contribution in [2.75, 3.05) is 6.54 Å². The van der Waals surface area contributed by atoms with Gasteiger partial charge in [0.25, 0.3) is 0 Å². The van der Waals surface area contributed by atoms with Crippen LogP contribution < -0.4 is 5.32 Å². The van der Waals surface area contributed by atoms with Crippen LogP contribution in [0.1, 0.15) is 50.4 Å². The summed E-state index contributed by atoms with van der Waals surface area (Å²) in [6.45, 7) is 11.4. The second kappa shape index (κ2) is 7.23. The molecule has 0 amide bonds. The molecule has 0 spiro atoms. The molecule has 0 aliphatic heterocycles. The second-order valence-electron chi connectivity index (χ2n) is 4.71. The number of hydrogen-bond acceptors (Lipinski definition) is 2. The largest absolute Gasteiger partial charge is 0.309 e. The molecule has 2 nitrogen and oxygen atoms in total. The van der Waals surface area contributed by atoms with Gasteiger partial charge in [-0.25, -0.2) is 0 Å². The molecule has 0 saturated carbocycles. The van der Waals surface area contributed by atoms with Gasteiger partial charge in [0.2, 0.25) is 0 Å². The van der Waals surface area contributed by atoms with E-state index in [1.165, 1.54) is 16.8 Å². The third-order valence-corrected chi connectivity index (χ3v) is 2.88. The zero-order valence-corrected chi connectivity index (χ0v) is 11.3. The maximum atomic E-state index is 4.52. The van der Waals surface area contributed by atoms with E-state index in [0.29, 0.717) is 6.04 Å². The highest BCUT2D eigenvalue weighted by Gasteiger charge is 2.13. The lowest BCUT2D eigenvalue weighted by atomic mass is 10.0. The highest BCUT2D eigenvalue weighted by Crippen LogP contribution is 2.21. The fourth-order valence-corrected chi connectivity index (χ4v) is 1.91. The van der Waals surface area contributed by atoms with Crippen LogP contribution in [0.3, 0.4) is 0 Å². The van der Waals surface area contributed by atoms with Crippen LogP contribution >= 0.6 is 0 Å². The Morgan fingerprint density at radius 2 is 2.29 bits per heavy atom. The Bertz CT molecular complexity index is 358. The van der Waals surface area contributed by atoms with Crippen LogP contribution in [0, 0.1) is 6.92 Å². The monoisotopic (exact) mass is 232 g/mol. The third kappa shape index (κ3) is 4.70. The standard InChI is InChI=1S/C15H24N2/c1-5-10-16-14(9-8-12(2)3)15-13(4)7-6-11-17-15/h6-7,11,14,16H,2,5,8-10H2,1,3-4H3. The molecule has 1 rings (SSSR count). The Balaban J connectivity index is 2.74. The SMILES string of the molecule is C=C(C)CCC(NCCC)c1ncccc1C.